The highest BCUT2D eigenvalue weighted by molar-refractivity contribution is 6.74. The third kappa shape index (κ3) is 7.68. The van der Waals surface area contributed by atoms with Crippen LogP contribution in [0.3, 0.4) is 0 Å². The number of amides is 3. The lowest BCUT2D eigenvalue weighted by atomic mass is 9.55. The first-order chi connectivity index (χ1) is 20.2. The minimum Gasteiger partial charge on any atom is -0.484 e. The summed E-state index contributed by atoms with van der Waals surface area (Å²) < 4.78 is 67.3. The summed E-state index contributed by atoms with van der Waals surface area (Å²) in [5, 5.41) is 2.90. The van der Waals surface area contributed by atoms with E-state index in [9.17, 15) is 31.9 Å². The molecule has 0 radical (unpaired) electrons. The first kappa shape index (κ1) is 34.5. The molecule has 3 amide bonds. The Morgan fingerprint density at radius 2 is 1.68 bits per heavy atom. The van der Waals surface area contributed by atoms with Crippen LogP contribution in [0.4, 0.5) is 17.6 Å². The number of alkyl halides is 3. The van der Waals surface area contributed by atoms with E-state index in [1.165, 1.54) is 12.1 Å². The van der Waals surface area contributed by atoms with Crippen molar-refractivity contribution in [3.63, 3.8) is 0 Å². The molecule has 44 heavy (non-hydrogen) atoms. The molecule has 246 valence electrons. The Balaban J connectivity index is 1.41. The first-order valence-corrected chi connectivity index (χ1v) is 17.9. The highest BCUT2D eigenvalue weighted by Crippen LogP contribution is 2.55. The highest BCUT2D eigenvalue weighted by Gasteiger charge is 2.60. The Labute approximate surface area is 260 Å². The topological polar surface area (TPSA) is 115 Å². The van der Waals surface area contributed by atoms with Crippen LogP contribution in [0.25, 0.3) is 0 Å². The lowest BCUT2D eigenvalue weighted by molar-refractivity contribution is -0.353. The molecule has 2 bridgehead atoms. The zero-order valence-corrected chi connectivity index (χ0v) is 27.2. The molecule has 1 aromatic carbocycles. The molecule has 4 fully saturated rings. The number of ether oxygens (including phenoxy) is 2. The van der Waals surface area contributed by atoms with Gasteiger partial charge in [-0.2, -0.15) is 0 Å². The van der Waals surface area contributed by atoms with E-state index >= 15 is 0 Å². The van der Waals surface area contributed by atoms with Crippen molar-refractivity contribution >= 4 is 37.6 Å². The smallest absolute Gasteiger partial charge is 0.484 e. The van der Waals surface area contributed by atoms with Crippen molar-refractivity contribution in [1.82, 2.24) is 16.2 Å². The minimum absolute atomic E-state index is 0.0602. The van der Waals surface area contributed by atoms with E-state index in [1.807, 2.05) is 0 Å². The van der Waals surface area contributed by atoms with Crippen molar-refractivity contribution in [3.8, 4) is 5.75 Å². The van der Waals surface area contributed by atoms with E-state index in [4.69, 9.17) is 20.8 Å². The van der Waals surface area contributed by atoms with Gasteiger partial charge in [0.05, 0.1) is 28.2 Å². The highest BCUT2D eigenvalue weighted by atomic mass is 35.5. The number of halogens is 5. The van der Waals surface area contributed by atoms with Crippen LogP contribution in [0.5, 0.6) is 5.75 Å². The molecule has 3 N–H and O–H groups in total. The van der Waals surface area contributed by atoms with E-state index in [1.54, 1.807) is 0 Å². The fraction of sp³-hybridized carbons (Fsp3) is 0.690. The summed E-state index contributed by atoms with van der Waals surface area (Å²) in [6.45, 7) is 10.1. The molecule has 1 atom stereocenters. The van der Waals surface area contributed by atoms with Crippen LogP contribution < -0.4 is 20.9 Å². The molecule has 0 spiro atoms. The maximum absolute atomic E-state index is 13.8. The monoisotopic (exact) mass is 665 g/mol. The van der Waals surface area contributed by atoms with E-state index in [0.29, 0.717) is 32.1 Å². The number of benzene rings is 1. The number of rotatable bonds is 9. The lowest BCUT2D eigenvalue weighted by Crippen LogP contribution is -2.70. The molecular weight excluding hydrogens is 626 g/mol. The fourth-order valence-electron chi connectivity index (χ4n) is 5.91. The second-order valence-corrected chi connectivity index (χ2v) is 18.9. The van der Waals surface area contributed by atoms with Crippen molar-refractivity contribution in [2.75, 3.05) is 6.61 Å². The van der Waals surface area contributed by atoms with Crippen LogP contribution >= 0.6 is 11.6 Å². The van der Waals surface area contributed by atoms with Crippen LogP contribution in [-0.2, 0) is 23.5 Å². The summed E-state index contributed by atoms with van der Waals surface area (Å²) in [5.74, 6) is -2.58. The molecule has 4 saturated carbocycles. The summed E-state index contributed by atoms with van der Waals surface area (Å²) in [6, 6.07) is 3.91. The molecule has 1 unspecified atom stereocenters. The average molecular weight is 666 g/mol. The van der Waals surface area contributed by atoms with Crippen molar-refractivity contribution in [1.29, 1.82) is 0 Å². The number of hydrogen-bond acceptors (Lipinski definition) is 6. The number of nitrogens with one attached hydrogen (secondary N) is 3. The largest absolute Gasteiger partial charge is 0.522 e. The van der Waals surface area contributed by atoms with Gasteiger partial charge < -0.3 is 14.5 Å². The maximum Gasteiger partial charge on any atom is 0.522 e. The Bertz CT molecular complexity index is 1260. The normalized spacial score (nSPS) is 28.5. The number of carbonyl (C=O) groups is 3. The van der Waals surface area contributed by atoms with Crippen LogP contribution in [0.1, 0.15) is 65.7 Å². The SMILES string of the molecule is CC(C)(C)[Si](C)(C)OC1CC2(C(=O)NNC(=O)[C@H]3C[C@@H](OC(F)(F)F)C3)CCC1(NC(=O)COc1ccc(Cl)c(F)c1)CC2. The molecule has 0 aliphatic heterocycles. The lowest BCUT2D eigenvalue weighted by Gasteiger charge is -2.58. The molecule has 0 aromatic heterocycles. The molecule has 5 rings (SSSR count). The third-order valence-electron chi connectivity index (χ3n) is 9.73. The van der Waals surface area contributed by atoms with Gasteiger partial charge in [-0.05, 0) is 75.2 Å². The predicted molar refractivity (Wildman–Crippen MR) is 155 cm³/mol. The summed E-state index contributed by atoms with van der Waals surface area (Å²) in [4.78, 5) is 39.1. The summed E-state index contributed by atoms with van der Waals surface area (Å²) in [6.07, 6.45) is -4.51. The van der Waals surface area contributed by atoms with Gasteiger partial charge >= 0.3 is 6.36 Å². The van der Waals surface area contributed by atoms with Crippen molar-refractivity contribution in [2.24, 2.45) is 11.3 Å². The van der Waals surface area contributed by atoms with Crippen LogP contribution in [0, 0.1) is 17.2 Å². The zero-order valence-electron chi connectivity index (χ0n) is 25.5. The molecule has 0 heterocycles. The van der Waals surface area contributed by atoms with Gasteiger partial charge in [0, 0.05) is 12.0 Å². The summed E-state index contributed by atoms with van der Waals surface area (Å²) in [5.41, 5.74) is 3.26. The van der Waals surface area contributed by atoms with Gasteiger partial charge in [0.15, 0.2) is 14.9 Å². The molecule has 9 nitrogen and oxygen atoms in total. The van der Waals surface area contributed by atoms with Crippen LogP contribution in [0.15, 0.2) is 18.2 Å². The Hall–Kier alpha value is -2.42. The zero-order chi connectivity index (χ0) is 32.7. The average Bonchev–Trinajstić information content (AvgIpc) is 2.89. The van der Waals surface area contributed by atoms with Crippen molar-refractivity contribution < 1.29 is 45.8 Å². The molecule has 4 aliphatic carbocycles. The Morgan fingerprint density at radius 3 is 2.25 bits per heavy atom. The van der Waals surface area contributed by atoms with Crippen molar-refractivity contribution in [2.45, 2.75) is 108 Å². The summed E-state index contributed by atoms with van der Waals surface area (Å²) in [7, 11) is -2.38. The molecule has 1 aromatic rings. The standard InChI is InChI=1S/C29H40ClF4N3O6Si/c1-26(2,3)44(4,5)43-22-15-27(25(40)37-36-24(39)17-12-19(13-17)42-29(32,33)34)8-10-28(22,11-9-27)35-23(38)16-41-18-6-7-20(30)21(31)14-18/h6-7,14,17,19,22H,8-13,15-16H2,1-5H3,(H,35,38)(H,36,39)(H,37,40)/t17-,19+,22?,27?,28?. The first-order valence-electron chi connectivity index (χ1n) is 14.7. The second-order valence-electron chi connectivity index (χ2n) is 13.7. The van der Waals surface area contributed by atoms with Gasteiger partial charge in [0.25, 0.3) is 5.91 Å². The number of hydrazine groups is 1. The minimum atomic E-state index is -4.76. The second kappa shape index (κ2) is 12.4. The van der Waals surface area contributed by atoms with E-state index < -0.39 is 67.3 Å². The Morgan fingerprint density at radius 1 is 1.05 bits per heavy atom. The van der Waals surface area contributed by atoms with Crippen LogP contribution in [0.2, 0.25) is 23.2 Å². The predicted octanol–water partition coefficient (Wildman–Crippen LogP) is 5.53. The molecular formula is C29H40ClF4N3O6Si. The molecule has 15 heteroatoms. The van der Waals surface area contributed by atoms with Gasteiger partial charge in [-0.25, -0.2) is 4.39 Å². The van der Waals surface area contributed by atoms with Gasteiger partial charge in [-0.1, -0.05) is 32.4 Å². The number of fused-ring (bicyclic) bond motifs is 3. The quantitative estimate of drug-likeness (QED) is 0.182. The Kier molecular flexibility index (Phi) is 9.71. The van der Waals surface area contributed by atoms with Gasteiger partial charge in [-0.15, -0.1) is 13.2 Å². The third-order valence-corrected chi connectivity index (χ3v) is 14.5. The number of hydrogen-bond donors (Lipinski definition) is 3. The van der Waals surface area contributed by atoms with Gasteiger partial charge in [0.1, 0.15) is 11.6 Å². The van der Waals surface area contributed by atoms with E-state index in [2.05, 4.69) is 54.8 Å². The van der Waals surface area contributed by atoms with Crippen molar-refractivity contribution in [3.05, 3.63) is 29.0 Å². The van der Waals surface area contributed by atoms with E-state index in [0.717, 1.165) is 6.07 Å². The van der Waals surface area contributed by atoms with Gasteiger partial charge in [0.2, 0.25) is 11.8 Å². The fourth-order valence-corrected chi connectivity index (χ4v) is 7.40. The molecule has 0 saturated heterocycles. The summed E-state index contributed by atoms with van der Waals surface area (Å²) >= 11 is 5.72. The van der Waals surface area contributed by atoms with Gasteiger partial charge in [-0.3, -0.25) is 30.0 Å². The van der Waals surface area contributed by atoms with E-state index in [-0.39, 0.29) is 35.3 Å². The number of carbonyl (C=O) groups excluding carboxylic acids is 3. The molecule has 4 aliphatic rings. The van der Waals surface area contributed by atoms with Crippen LogP contribution in [-0.4, -0.2) is 56.8 Å². The maximum atomic E-state index is 13.8.